The van der Waals surface area contributed by atoms with Crippen molar-refractivity contribution >= 4 is 17.2 Å². The number of thiocarbonyl (C=S) groups is 1. The maximum atomic E-state index is 5.63. The van der Waals surface area contributed by atoms with E-state index in [0.29, 0.717) is 17.5 Å². The van der Waals surface area contributed by atoms with Gasteiger partial charge in [0.25, 0.3) is 0 Å². The summed E-state index contributed by atoms with van der Waals surface area (Å²) >= 11 is 4.94. The van der Waals surface area contributed by atoms with E-state index in [0.717, 1.165) is 18.6 Å². The Hall–Kier alpha value is -1.09. The maximum Gasteiger partial charge on any atom is 0.122 e. The Bertz CT molecular complexity index is 390. The van der Waals surface area contributed by atoms with Gasteiger partial charge in [-0.1, -0.05) is 36.8 Å². The minimum Gasteiger partial charge on any atom is -0.494 e. The van der Waals surface area contributed by atoms with Crippen LogP contribution in [0, 0.1) is 12.8 Å². The van der Waals surface area contributed by atoms with Crippen molar-refractivity contribution in [2.45, 2.75) is 33.6 Å². The predicted molar refractivity (Wildman–Crippen MR) is 76.6 cm³/mol. The van der Waals surface area contributed by atoms with Crippen molar-refractivity contribution in [2.75, 3.05) is 6.61 Å². The first kappa shape index (κ1) is 14.0. The van der Waals surface area contributed by atoms with E-state index in [9.17, 15) is 0 Å². The Morgan fingerprint density at radius 1 is 1.47 bits per heavy atom. The van der Waals surface area contributed by atoms with E-state index in [1.165, 1.54) is 11.1 Å². The molecule has 0 radical (unpaired) electrons. The molecule has 0 spiro atoms. The number of rotatable bonds is 6. The summed E-state index contributed by atoms with van der Waals surface area (Å²) in [6.07, 6.45) is 1.74. The summed E-state index contributed by atoms with van der Waals surface area (Å²) in [6.45, 7) is 6.95. The van der Waals surface area contributed by atoms with Crippen molar-refractivity contribution in [3.05, 3.63) is 29.3 Å². The fourth-order valence-electron chi connectivity index (χ4n) is 1.96. The van der Waals surface area contributed by atoms with Crippen LogP contribution in [0.1, 0.15) is 31.4 Å². The smallest absolute Gasteiger partial charge is 0.122 e. The minimum atomic E-state index is 0.452. The highest BCUT2D eigenvalue weighted by Gasteiger charge is 2.10. The van der Waals surface area contributed by atoms with E-state index in [1.807, 2.05) is 13.0 Å². The van der Waals surface area contributed by atoms with Gasteiger partial charge in [0.2, 0.25) is 0 Å². The van der Waals surface area contributed by atoms with Gasteiger partial charge in [0.05, 0.1) is 11.6 Å². The van der Waals surface area contributed by atoms with Gasteiger partial charge in [-0.3, -0.25) is 0 Å². The second kappa shape index (κ2) is 6.60. The van der Waals surface area contributed by atoms with Crippen LogP contribution in [-0.4, -0.2) is 11.6 Å². The molecule has 0 amide bonds. The van der Waals surface area contributed by atoms with Crippen LogP contribution in [0.2, 0.25) is 0 Å². The second-order valence-electron chi connectivity index (χ2n) is 4.52. The molecule has 1 atom stereocenters. The number of aryl methyl sites for hydroxylation is 1. The van der Waals surface area contributed by atoms with Crippen LogP contribution in [0.15, 0.2) is 18.2 Å². The van der Waals surface area contributed by atoms with E-state index in [1.54, 1.807) is 0 Å². The highest BCUT2D eigenvalue weighted by molar-refractivity contribution is 7.80. The largest absolute Gasteiger partial charge is 0.494 e. The summed E-state index contributed by atoms with van der Waals surface area (Å²) in [5, 5.41) is 0. The molecule has 1 unspecified atom stereocenters. The molecule has 0 fully saturated rings. The molecule has 17 heavy (non-hydrogen) atoms. The van der Waals surface area contributed by atoms with Crippen LogP contribution >= 0.6 is 12.2 Å². The van der Waals surface area contributed by atoms with E-state index in [4.69, 9.17) is 22.7 Å². The number of hydrogen-bond donors (Lipinski definition) is 1. The highest BCUT2D eigenvalue weighted by Crippen LogP contribution is 2.24. The van der Waals surface area contributed by atoms with Gasteiger partial charge in [0, 0.05) is 6.42 Å². The number of hydrogen-bond acceptors (Lipinski definition) is 2. The first-order valence-electron chi connectivity index (χ1n) is 6.03. The molecule has 2 nitrogen and oxygen atoms in total. The van der Waals surface area contributed by atoms with Crippen molar-refractivity contribution in [1.29, 1.82) is 0 Å². The summed E-state index contributed by atoms with van der Waals surface area (Å²) in [6, 6.07) is 6.30. The monoisotopic (exact) mass is 251 g/mol. The van der Waals surface area contributed by atoms with Gasteiger partial charge < -0.3 is 10.5 Å². The van der Waals surface area contributed by atoms with Gasteiger partial charge in [-0.15, -0.1) is 0 Å². The molecule has 1 aromatic carbocycles. The van der Waals surface area contributed by atoms with Crippen LogP contribution in [-0.2, 0) is 6.42 Å². The molecule has 0 aliphatic rings. The van der Waals surface area contributed by atoms with Crippen molar-refractivity contribution in [3.8, 4) is 5.75 Å². The lowest BCUT2D eigenvalue weighted by Crippen LogP contribution is -2.14. The molecule has 0 aliphatic carbocycles. The zero-order chi connectivity index (χ0) is 12.8. The minimum absolute atomic E-state index is 0.452. The molecule has 2 N–H and O–H groups in total. The molecule has 0 aromatic heterocycles. The Balaban J connectivity index is 2.80. The summed E-state index contributed by atoms with van der Waals surface area (Å²) in [4.78, 5) is 0.586. The summed E-state index contributed by atoms with van der Waals surface area (Å²) in [5.41, 5.74) is 8.08. The highest BCUT2D eigenvalue weighted by atomic mass is 32.1. The zero-order valence-corrected chi connectivity index (χ0v) is 11.6. The molecule has 0 saturated heterocycles. The normalized spacial score (nSPS) is 12.2. The molecule has 94 valence electrons. The fourth-order valence-corrected chi connectivity index (χ4v) is 2.24. The number of nitrogens with two attached hydrogens (primary N) is 1. The lowest BCUT2D eigenvalue weighted by Gasteiger charge is -2.15. The van der Waals surface area contributed by atoms with Crippen molar-refractivity contribution in [2.24, 2.45) is 11.7 Å². The Labute approximate surface area is 109 Å². The molecule has 1 aromatic rings. The topological polar surface area (TPSA) is 35.2 Å². The molecule has 1 rings (SSSR count). The van der Waals surface area contributed by atoms with Crippen LogP contribution in [0.3, 0.4) is 0 Å². The van der Waals surface area contributed by atoms with Gasteiger partial charge in [0.1, 0.15) is 5.75 Å². The standard InChI is InChI=1S/C14H21NOS/c1-4-16-13-6-5-10(2)7-12(13)8-11(3)9-14(15)17/h5-7,11H,4,8-9H2,1-3H3,(H2,15,17). The third-order valence-corrected chi connectivity index (χ3v) is 2.80. The molecular formula is C14H21NOS. The molecule has 0 aliphatic heterocycles. The summed E-state index contributed by atoms with van der Waals surface area (Å²) in [5.74, 6) is 1.43. The first-order valence-corrected chi connectivity index (χ1v) is 6.44. The summed E-state index contributed by atoms with van der Waals surface area (Å²) in [7, 11) is 0. The van der Waals surface area contributed by atoms with E-state index >= 15 is 0 Å². The summed E-state index contributed by atoms with van der Waals surface area (Å²) < 4.78 is 5.63. The van der Waals surface area contributed by atoms with Gasteiger partial charge in [0.15, 0.2) is 0 Å². The van der Waals surface area contributed by atoms with Gasteiger partial charge in [-0.25, -0.2) is 0 Å². The molecule has 0 saturated carbocycles. The van der Waals surface area contributed by atoms with Crippen molar-refractivity contribution in [1.82, 2.24) is 0 Å². The second-order valence-corrected chi connectivity index (χ2v) is 5.05. The average molecular weight is 251 g/mol. The van der Waals surface area contributed by atoms with Crippen molar-refractivity contribution in [3.63, 3.8) is 0 Å². The lowest BCUT2D eigenvalue weighted by molar-refractivity contribution is 0.334. The third-order valence-electron chi connectivity index (χ3n) is 2.63. The zero-order valence-electron chi connectivity index (χ0n) is 10.8. The van der Waals surface area contributed by atoms with Gasteiger partial charge >= 0.3 is 0 Å². The molecular weight excluding hydrogens is 230 g/mol. The van der Waals surface area contributed by atoms with E-state index in [-0.39, 0.29) is 0 Å². The molecule has 3 heteroatoms. The first-order chi connectivity index (χ1) is 8.02. The average Bonchev–Trinajstić information content (AvgIpc) is 2.21. The Morgan fingerprint density at radius 2 is 2.18 bits per heavy atom. The van der Waals surface area contributed by atoms with Crippen LogP contribution in [0.4, 0.5) is 0 Å². The van der Waals surface area contributed by atoms with Crippen molar-refractivity contribution < 1.29 is 4.74 Å². The van der Waals surface area contributed by atoms with Crippen LogP contribution < -0.4 is 10.5 Å². The number of ether oxygens (including phenoxy) is 1. The fraction of sp³-hybridized carbons (Fsp3) is 0.500. The number of benzene rings is 1. The molecule has 0 heterocycles. The molecule has 0 bridgehead atoms. The van der Waals surface area contributed by atoms with Crippen LogP contribution in [0.25, 0.3) is 0 Å². The van der Waals surface area contributed by atoms with E-state index in [2.05, 4.69) is 26.0 Å². The van der Waals surface area contributed by atoms with Gasteiger partial charge in [-0.2, -0.15) is 0 Å². The van der Waals surface area contributed by atoms with E-state index < -0.39 is 0 Å². The quantitative estimate of drug-likeness (QED) is 0.788. The Morgan fingerprint density at radius 3 is 2.76 bits per heavy atom. The lowest BCUT2D eigenvalue weighted by atomic mass is 9.96. The predicted octanol–water partition coefficient (Wildman–Crippen LogP) is 3.25. The maximum absolute atomic E-state index is 5.63. The van der Waals surface area contributed by atoms with Gasteiger partial charge in [-0.05, 0) is 37.8 Å². The SMILES string of the molecule is CCOc1ccc(C)cc1CC(C)CC(N)=S. The third kappa shape index (κ3) is 4.73. The van der Waals surface area contributed by atoms with Crippen LogP contribution in [0.5, 0.6) is 5.75 Å². The Kier molecular flexibility index (Phi) is 5.42.